The average Bonchev–Trinajstić information content (AvgIpc) is 2.94. The molecule has 108 valence electrons. The molecule has 0 saturated carbocycles. The van der Waals surface area contributed by atoms with Crippen molar-refractivity contribution < 1.29 is 4.79 Å². The van der Waals surface area contributed by atoms with Crippen LogP contribution in [0.15, 0.2) is 12.4 Å². The first-order valence-corrected chi connectivity index (χ1v) is 7.28. The van der Waals surface area contributed by atoms with Gasteiger partial charge in [0.1, 0.15) is 6.54 Å². The highest BCUT2D eigenvalue weighted by Crippen LogP contribution is 2.24. The fourth-order valence-corrected chi connectivity index (χ4v) is 2.36. The van der Waals surface area contributed by atoms with Gasteiger partial charge in [-0.25, -0.2) is 0 Å². The summed E-state index contributed by atoms with van der Waals surface area (Å²) in [5.41, 5.74) is 0. The van der Waals surface area contributed by atoms with E-state index in [-0.39, 0.29) is 12.5 Å². The number of hydrogen-bond acceptors (Lipinski definition) is 3. The van der Waals surface area contributed by atoms with E-state index in [2.05, 4.69) is 24.0 Å². The van der Waals surface area contributed by atoms with Crippen molar-refractivity contribution in [3.63, 3.8) is 0 Å². The first-order valence-electron chi connectivity index (χ1n) is 7.28. The number of carbonyl (C=O) groups excluding carboxylic acids is 1. The van der Waals surface area contributed by atoms with Gasteiger partial charge in [-0.05, 0) is 24.7 Å². The van der Waals surface area contributed by atoms with Crippen LogP contribution < -0.4 is 0 Å². The lowest BCUT2D eigenvalue weighted by Crippen LogP contribution is -2.41. The van der Waals surface area contributed by atoms with E-state index in [0.717, 1.165) is 37.8 Å². The number of piperidine rings is 1. The van der Waals surface area contributed by atoms with Gasteiger partial charge in [0.25, 0.3) is 0 Å². The number of likely N-dealkylation sites (tertiary alicyclic amines) is 1. The van der Waals surface area contributed by atoms with Crippen LogP contribution in [0, 0.1) is 11.8 Å². The second-order valence-electron chi connectivity index (χ2n) is 5.02. The number of nitrogens with zero attached hydrogens (tertiary/aromatic N) is 4. The quantitative estimate of drug-likeness (QED) is 0.842. The molecule has 0 N–H and O–H groups in total. The summed E-state index contributed by atoms with van der Waals surface area (Å²) < 4.78 is 0. The summed E-state index contributed by atoms with van der Waals surface area (Å²) in [6, 6.07) is 0. The Bertz CT molecular complexity index is 354. The predicted octanol–water partition coefficient (Wildman–Crippen LogP) is 2.20. The van der Waals surface area contributed by atoms with E-state index in [0.29, 0.717) is 0 Å². The molecule has 1 aromatic heterocycles. The molecule has 5 nitrogen and oxygen atoms in total. The fourth-order valence-electron chi connectivity index (χ4n) is 2.36. The Labute approximate surface area is 116 Å². The standard InChI is InChI=1S/C12H20N4O.C2H6/c1-10(2)11-3-7-15(8-4-11)12(17)9-16-13-5-6-14-16;1-2/h5-6,10-11H,3-4,7-9H2,1-2H3;1-2H3. The monoisotopic (exact) mass is 266 g/mol. The minimum Gasteiger partial charge on any atom is -0.341 e. The maximum absolute atomic E-state index is 12.0. The van der Waals surface area contributed by atoms with Crippen molar-refractivity contribution in [2.45, 2.75) is 47.1 Å². The minimum atomic E-state index is 0.128. The highest BCUT2D eigenvalue weighted by Gasteiger charge is 2.24. The van der Waals surface area contributed by atoms with Crippen molar-refractivity contribution in [1.82, 2.24) is 19.9 Å². The molecular formula is C14H26N4O. The van der Waals surface area contributed by atoms with Crippen LogP contribution in [0.4, 0.5) is 0 Å². The Morgan fingerprint density at radius 2 is 1.74 bits per heavy atom. The average molecular weight is 266 g/mol. The topological polar surface area (TPSA) is 51.0 Å². The third-order valence-electron chi connectivity index (χ3n) is 3.58. The molecule has 0 aromatic carbocycles. The number of carbonyl (C=O) groups is 1. The molecule has 1 amide bonds. The summed E-state index contributed by atoms with van der Waals surface area (Å²) in [7, 11) is 0. The van der Waals surface area contributed by atoms with Gasteiger partial charge in [-0.2, -0.15) is 15.0 Å². The lowest BCUT2D eigenvalue weighted by atomic mass is 9.87. The molecule has 0 aliphatic carbocycles. The Kier molecular flexibility index (Phi) is 6.53. The molecule has 1 aliphatic heterocycles. The molecule has 1 aromatic rings. The van der Waals surface area contributed by atoms with E-state index in [1.54, 1.807) is 12.4 Å². The normalized spacial score (nSPS) is 16.2. The van der Waals surface area contributed by atoms with Crippen molar-refractivity contribution in [3.05, 3.63) is 12.4 Å². The molecule has 0 atom stereocenters. The summed E-state index contributed by atoms with van der Waals surface area (Å²) in [6.07, 6.45) is 5.43. The molecule has 5 heteroatoms. The Morgan fingerprint density at radius 1 is 1.21 bits per heavy atom. The molecule has 2 heterocycles. The summed E-state index contributed by atoms with van der Waals surface area (Å²) >= 11 is 0. The van der Waals surface area contributed by atoms with E-state index in [1.807, 2.05) is 18.7 Å². The van der Waals surface area contributed by atoms with Crippen LogP contribution in [0.25, 0.3) is 0 Å². The number of aromatic nitrogens is 3. The van der Waals surface area contributed by atoms with Crippen LogP contribution in [0.5, 0.6) is 0 Å². The van der Waals surface area contributed by atoms with E-state index < -0.39 is 0 Å². The SMILES string of the molecule is CC.CC(C)C1CCN(C(=O)Cn2nccn2)CC1. The van der Waals surface area contributed by atoms with Crippen LogP contribution >= 0.6 is 0 Å². The molecule has 2 rings (SSSR count). The molecule has 1 saturated heterocycles. The zero-order valence-electron chi connectivity index (χ0n) is 12.5. The van der Waals surface area contributed by atoms with Gasteiger partial charge in [0.05, 0.1) is 12.4 Å². The first-order chi connectivity index (χ1) is 9.16. The van der Waals surface area contributed by atoms with Gasteiger partial charge < -0.3 is 4.90 Å². The van der Waals surface area contributed by atoms with E-state index >= 15 is 0 Å². The van der Waals surface area contributed by atoms with Crippen molar-refractivity contribution in [1.29, 1.82) is 0 Å². The van der Waals surface area contributed by atoms with Crippen molar-refractivity contribution in [2.75, 3.05) is 13.1 Å². The summed E-state index contributed by atoms with van der Waals surface area (Å²) in [4.78, 5) is 15.3. The van der Waals surface area contributed by atoms with Crippen LogP contribution in [0.3, 0.4) is 0 Å². The number of amides is 1. The molecular weight excluding hydrogens is 240 g/mol. The zero-order valence-corrected chi connectivity index (χ0v) is 12.5. The predicted molar refractivity (Wildman–Crippen MR) is 75.5 cm³/mol. The fraction of sp³-hybridized carbons (Fsp3) is 0.786. The van der Waals surface area contributed by atoms with Gasteiger partial charge >= 0.3 is 0 Å². The van der Waals surface area contributed by atoms with E-state index in [4.69, 9.17) is 0 Å². The lowest BCUT2D eigenvalue weighted by Gasteiger charge is -2.33. The summed E-state index contributed by atoms with van der Waals surface area (Å²) in [5.74, 6) is 1.62. The zero-order chi connectivity index (χ0) is 14.3. The van der Waals surface area contributed by atoms with Crippen molar-refractivity contribution in [2.24, 2.45) is 11.8 Å². The van der Waals surface area contributed by atoms with E-state index in [1.165, 1.54) is 4.80 Å². The largest absolute Gasteiger partial charge is 0.341 e. The van der Waals surface area contributed by atoms with E-state index in [9.17, 15) is 4.79 Å². The molecule has 0 spiro atoms. The highest BCUT2D eigenvalue weighted by atomic mass is 16.2. The summed E-state index contributed by atoms with van der Waals surface area (Å²) in [5, 5.41) is 7.90. The molecule has 1 fully saturated rings. The van der Waals surface area contributed by atoms with Gasteiger partial charge in [0.15, 0.2) is 0 Å². The summed E-state index contributed by atoms with van der Waals surface area (Å²) in [6.45, 7) is 10.5. The third-order valence-corrected chi connectivity index (χ3v) is 3.58. The Morgan fingerprint density at radius 3 is 2.21 bits per heavy atom. The van der Waals surface area contributed by atoms with Gasteiger partial charge in [0, 0.05) is 13.1 Å². The third kappa shape index (κ3) is 4.65. The maximum Gasteiger partial charge on any atom is 0.246 e. The molecule has 19 heavy (non-hydrogen) atoms. The van der Waals surface area contributed by atoms with Gasteiger partial charge in [0.2, 0.25) is 5.91 Å². The van der Waals surface area contributed by atoms with Crippen LogP contribution in [-0.2, 0) is 11.3 Å². The molecule has 1 aliphatic rings. The van der Waals surface area contributed by atoms with Crippen molar-refractivity contribution in [3.8, 4) is 0 Å². The second-order valence-corrected chi connectivity index (χ2v) is 5.02. The highest BCUT2D eigenvalue weighted by molar-refractivity contribution is 5.75. The minimum absolute atomic E-state index is 0.128. The lowest BCUT2D eigenvalue weighted by molar-refractivity contribution is -0.133. The molecule has 0 radical (unpaired) electrons. The van der Waals surface area contributed by atoms with Gasteiger partial charge in [-0.15, -0.1) is 0 Å². The van der Waals surface area contributed by atoms with Crippen LogP contribution in [0.2, 0.25) is 0 Å². The maximum atomic E-state index is 12.0. The van der Waals surface area contributed by atoms with Crippen LogP contribution in [0.1, 0.15) is 40.5 Å². The van der Waals surface area contributed by atoms with Gasteiger partial charge in [-0.1, -0.05) is 27.7 Å². The molecule has 0 bridgehead atoms. The van der Waals surface area contributed by atoms with Gasteiger partial charge in [-0.3, -0.25) is 4.79 Å². The molecule has 0 unspecified atom stereocenters. The Balaban J connectivity index is 0.000000861. The number of hydrogen-bond donors (Lipinski definition) is 0. The second kappa shape index (κ2) is 7.92. The first kappa shape index (κ1) is 15.7. The van der Waals surface area contributed by atoms with Crippen molar-refractivity contribution >= 4 is 5.91 Å². The smallest absolute Gasteiger partial charge is 0.246 e. The van der Waals surface area contributed by atoms with Crippen LogP contribution in [-0.4, -0.2) is 38.9 Å². The Hall–Kier alpha value is -1.39. The number of rotatable bonds is 3.